The number of hydrogen-bond donors (Lipinski definition) is 3. The molecule has 4 heterocycles. The number of phenols is 1. The maximum absolute atomic E-state index is 13.2. The van der Waals surface area contributed by atoms with Crippen LogP contribution in [0.2, 0.25) is 0 Å². The molecule has 6 rings (SSSR count). The first-order valence-corrected chi connectivity index (χ1v) is 11.6. The van der Waals surface area contributed by atoms with Crippen molar-refractivity contribution in [3.8, 4) is 17.0 Å². The van der Waals surface area contributed by atoms with Gasteiger partial charge in [-0.15, -0.1) is 0 Å². The van der Waals surface area contributed by atoms with E-state index in [0.717, 1.165) is 17.5 Å². The van der Waals surface area contributed by atoms with Crippen LogP contribution in [0.25, 0.3) is 22.2 Å². The maximum Gasteiger partial charge on any atom is 0.322 e. The van der Waals surface area contributed by atoms with Crippen LogP contribution < -0.4 is 10.6 Å². The molecule has 2 aromatic carbocycles. The second kappa shape index (κ2) is 7.94. The monoisotopic (exact) mass is 482 g/mol. The molecule has 0 bridgehead atoms. The Morgan fingerprint density at radius 3 is 2.72 bits per heavy atom. The summed E-state index contributed by atoms with van der Waals surface area (Å²) >= 11 is 0. The largest absolute Gasteiger partial charge is 0.508 e. The lowest BCUT2D eigenvalue weighted by Crippen LogP contribution is -2.52. The van der Waals surface area contributed by atoms with Gasteiger partial charge in [-0.1, -0.05) is 31.2 Å². The number of imide groups is 1. The van der Waals surface area contributed by atoms with Crippen LogP contribution >= 0.6 is 0 Å². The minimum absolute atomic E-state index is 0.0911. The second-order valence-electron chi connectivity index (χ2n) is 9.09. The molecule has 36 heavy (non-hydrogen) atoms. The summed E-state index contributed by atoms with van der Waals surface area (Å²) < 4.78 is 6.02. The Kier molecular flexibility index (Phi) is 4.82. The van der Waals surface area contributed by atoms with E-state index in [0.29, 0.717) is 34.3 Å². The van der Waals surface area contributed by atoms with Gasteiger partial charge in [0.2, 0.25) is 0 Å². The predicted molar refractivity (Wildman–Crippen MR) is 130 cm³/mol. The van der Waals surface area contributed by atoms with Gasteiger partial charge in [0.1, 0.15) is 11.5 Å². The van der Waals surface area contributed by atoms with Crippen LogP contribution in [-0.2, 0) is 23.3 Å². The lowest BCUT2D eigenvalue weighted by molar-refractivity contribution is -0.125. The minimum atomic E-state index is -1.59. The van der Waals surface area contributed by atoms with Crippen LogP contribution in [0.15, 0.2) is 65.2 Å². The van der Waals surface area contributed by atoms with E-state index in [4.69, 9.17) is 4.42 Å². The van der Waals surface area contributed by atoms with Crippen LogP contribution in [0.3, 0.4) is 0 Å². The molecule has 0 spiro atoms. The Bertz CT molecular complexity index is 1580. The van der Waals surface area contributed by atoms with Gasteiger partial charge in [0.15, 0.2) is 11.1 Å². The van der Waals surface area contributed by atoms with Gasteiger partial charge >= 0.3 is 6.03 Å². The van der Waals surface area contributed by atoms with Gasteiger partial charge in [-0.3, -0.25) is 19.9 Å². The highest BCUT2D eigenvalue weighted by atomic mass is 16.3. The number of amides is 4. The number of urea groups is 1. The Morgan fingerprint density at radius 2 is 1.97 bits per heavy atom. The highest BCUT2D eigenvalue weighted by Crippen LogP contribution is 2.35. The van der Waals surface area contributed by atoms with Crippen molar-refractivity contribution in [3.63, 3.8) is 0 Å². The normalized spacial score (nSPS) is 19.0. The fourth-order valence-corrected chi connectivity index (χ4v) is 4.88. The maximum atomic E-state index is 13.2. The Balaban J connectivity index is 1.38. The molecule has 9 heteroatoms. The number of benzene rings is 2. The molecule has 4 amide bonds. The molecule has 4 aromatic rings. The molecular weight excluding hydrogens is 460 g/mol. The third-order valence-electron chi connectivity index (χ3n) is 6.80. The summed E-state index contributed by atoms with van der Waals surface area (Å²) in [6, 6.07) is 15.3. The number of furan rings is 1. The quantitative estimate of drug-likeness (QED) is 0.374. The third-order valence-corrected chi connectivity index (χ3v) is 6.80. The molecule has 0 aliphatic carbocycles. The molecule has 180 valence electrons. The van der Waals surface area contributed by atoms with Crippen LogP contribution in [-0.4, -0.2) is 39.4 Å². The Morgan fingerprint density at radius 1 is 1.11 bits per heavy atom. The number of nitrogens with one attached hydrogen (secondary N) is 2. The first kappa shape index (κ1) is 21.8. The topological polar surface area (TPSA) is 125 Å². The molecule has 9 nitrogen and oxygen atoms in total. The van der Waals surface area contributed by atoms with Crippen molar-refractivity contribution in [1.29, 1.82) is 0 Å². The lowest BCUT2D eigenvalue weighted by Gasteiger charge is -2.29. The summed E-state index contributed by atoms with van der Waals surface area (Å²) in [5.74, 6) is -0.467. The van der Waals surface area contributed by atoms with Crippen molar-refractivity contribution < 1.29 is 23.9 Å². The average Bonchev–Trinajstić information content (AvgIpc) is 3.52. The highest BCUT2D eigenvalue weighted by Gasteiger charge is 2.53. The molecular formula is C27H22N4O5. The summed E-state index contributed by atoms with van der Waals surface area (Å²) in [4.78, 5) is 44.6. The van der Waals surface area contributed by atoms with Crippen molar-refractivity contribution in [2.45, 2.75) is 25.4 Å². The molecule has 0 unspecified atom stereocenters. The molecule has 2 aromatic heterocycles. The number of rotatable bonds is 5. The van der Waals surface area contributed by atoms with Crippen LogP contribution in [0, 0.1) is 0 Å². The number of nitrogens with zero attached hydrogens (tertiary/aromatic N) is 2. The van der Waals surface area contributed by atoms with E-state index in [2.05, 4.69) is 15.6 Å². The molecule has 3 N–H and O–H groups in total. The molecule has 1 fully saturated rings. The Labute approximate surface area is 205 Å². The van der Waals surface area contributed by atoms with Gasteiger partial charge in [0.25, 0.3) is 11.8 Å². The third kappa shape index (κ3) is 3.39. The number of aryl methyl sites for hydroxylation is 1. The van der Waals surface area contributed by atoms with E-state index < -0.39 is 17.5 Å². The van der Waals surface area contributed by atoms with Gasteiger partial charge in [-0.25, -0.2) is 4.79 Å². The van der Waals surface area contributed by atoms with Gasteiger partial charge in [0, 0.05) is 23.1 Å². The van der Waals surface area contributed by atoms with Gasteiger partial charge in [-0.2, -0.15) is 0 Å². The summed E-state index contributed by atoms with van der Waals surface area (Å²) in [5.41, 5.74) is 2.70. The number of fused-ring (bicyclic) bond motifs is 2. The van der Waals surface area contributed by atoms with Crippen molar-refractivity contribution in [2.24, 2.45) is 0 Å². The minimum Gasteiger partial charge on any atom is -0.508 e. The number of aromatic nitrogens is 1. The van der Waals surface area contributed by atoms with E-state index in [-0.39, 0.29) is 24.0 Å². The number of aromatic hydroxyl groups is 1. The zero-order valence-electron chi connectivity index (χ0n) is 19.4. The molecule has 2 aliphatic heterocycles. The lowest BCUT2D eigenvalue weighted by atomic mass is 9.95. The number of carbonyl (C=O) groups is 3. The Hall–Kier alpha value is -4.66. The van der Waals surface area contributed by atoms with Crippen molar-refractivity contribution in [1.82, 2.24) is 20.5 Å². The second-order valence-corrected chi connectivity index (χ2v) is 9.09. The molecule has 1 saturated heterocycles. The molecule has 0 radical (unpaired) electrons. The summed E-state index contributed by atoms with van der Waals surface area (Å²) in [6.45, 7) is 2.26. The number of hydrogen-bond acceptors (Lipinski definition) is 6. The number of carbonyl (C=O) groups excluding carboxylic acids is 3. The van der Waals surface area contributed by atoms with E-state index in [1.807, 2.05) is 31.2 Å². The predicted octanol–water partition coefficient (Wildman–Crippen LogP) is 3.45. The zero-order valence-corrected chi connectivity index (χ0v) is 19.4. The van der Waals surface area contributed by atoms with Gasteiger partial charge < -0.3 is 19.7 Å². The number of pyridine rings is 1. The van der Waals surface area contributed by atoms with Gasteiger partial charge in [-0.05, 0) is 47.9 Å². The van der Waals surface area contributed by atoms with Crippen molar-refractivity contribution >= 4 is 28.8 Å². The summed E-state index contributed by atoms with van der Waals surface area (Å²) in [6.07, 6.45) is 2.34. The van der Waals surface area contributed by atoms with E-state index in [1.54, 1.807) is 35.2 Å². The van der Waals surface area contributed by atoms with E-state index in [9.17, 15) is 19.5 Å². The van der Waals surface area contributed by atoms with Crippen LogP contribution in [0.1, 0.15) is 34.2 Å². The summed E-state index contributed by atoms with van der Waals surface area (Å²) in [5, 5.41) is 15.5. The SMILES string of the molecule is CCc1ccc2c(c1)C(=O)N(C[C@@]1(c3cc4cc(-c5cccc(O)c5)ncc4o3)NC(=O)NC1=O)C2. The van der Waals surface area contributed by atoms with E-state index in [1.165, 1.54) is 6.20 Å². The fourth-order valence-electron chi connectivity index (χ4n) is 4.88. The van der Waals surface area contributed by atoms with Gasteiger partial charge in [0.05, 0.1) is 18.4 Å². The standard InChI is InChI=1S/C27H22N4O5/c1-2-15-6-7-17-13-31(24(33)20(17)8-15)14-27(25(34)29-26(35)30-27)23-11-18-10-21(28-12-22(18)36-23)16-4-3-5-19(32)9-16/h3-12,32H,2,13-14H2,1H3,(H2,29,30,34,35)/t27-/m0/s1. The smallest absolute Gasteiger partial charge is 0.322 e. The first-order chi connectivity index (χ1) is 17.4. The van der Waals surface area contributed by atoms with Crippen molar-refractivity contribution in [2.75, 3.05) is 6.54 Å². The highest BCUT2D eigenvalue weighted by molar-refractivity contribution is 6.08. The molecule has 1 atom stereocenters. The van der Waals surface area contributed by atoms with Crippen LogP contribution in [0.4, 0.5) is 4.79 Å². The fraction of sp³-hybridized carbons (Fsp3) is 0.185. The van der Waals surface area contributed by atoms with Crippen LogP contribution in [0.5, 0.6) is 5.75 Å². The molecule has 0 saturated carbocycles. The number of phenolic OH excluding ortho intramolecular Hbond substituents is 1. The zero-order chi connectivity index (χ0) is 25.0. The summed E-state index contributed by atoms with van der Waals surface area (Å²) in [7, 11) is 0. The van der Waals surface area contributed by atoms with E-state index >= 15 is 0 Å². The molecule has 2 aliphatic rings. The van der Waals surface area contributed by atoms with Crippen molar-refractivity contribution in [3.05, 3.63) is 83.2 Å². The first-order valence-electron chi connectivity index (χ1n) is 11.6. The average molecular weight is 482 g/mol.